The number of para-hydroxylation sites is 1. The van der Waals surface area contributed by atoms with Crippen LogP contribution in [0, 0.1) is 5.82 Å². The normalized spacial score (nSPS) is 14.2. The highest BCUT2D eigenvalue weighted by atomic mass is 35.5. The number of benzene rings is 3. The van der Waals surface area contributed by atoms with Crippen molar-refractivity contribution in [3.63, 3.8) is 0 Å². The number of rotatable bonds is 9. The monoisotopic (exact) mass is 574 g/mol. The maximum Gasteiger partial charge on any atom is 0.294 e. The van der Waals surface area contributed by atoms with Crippen LogP contribution in [0.5, 0.6) is 11.5 Å². The second-order valence-electron chi connectivity index (χ2n) is 7.94. The summed E-state index contributed by atoms with van der Waals surface area (Å²) in [5, 5.41) is 2.51. The number of imide groups is 1. The fourth-order valence-electron chi connectivity index (χ4n) is 3.52. The highest BCUT2D eigenvalue weighted by Gasteiger charge is 2.36. The Bertz CT molecular complexity index is 1430. The van der Waals surface area contributed by atoms with Crippen molar-refractivity contribution >= 4 is 63.8 Å². The number of halogens is 3. The summed E-state index contributed by atoms with van der Waals surface area (Å²) in [7, 11) is 0. The molecule has 3 aromatic rings. The van der Waals surface area contributed by atoms with Crippen molar-refractivity contribution < 1.29 is 28.2 Å². The van der Waals surface area contributed by atoms with E-state index in [1.807, 2.05) is 0 Å². The van der Waals surface area contributed by atoms with Crippen molar-refractivity contribution in [2.75, 3.05) is 18.5 Å². The SMILES string of the molecule is CCOc1cc(/C=C2/SC(=O)N(CC(=O)Nc3ccccc3Cl)C2=O)cc(Cl)c1OCc1ccccc1F. The van der Waals surface area contributed by atoms with Gasteiger partial charge in [0.2, 0.25) is 5.91 Å². The van der Waals surface area contributed by atoms with E-state index < -0.39 is 29.4 Å². The molecule has 1 aliphatic heterocycles. The van der Waals surface area contributed by atoms with E-state index in [9.17, 15) is 18.8 Å². The third-order valence-corrected chi connectivity index (χ3v) is 6.80. The van der Waals surface area contributed by atoms with Crippen LogP contribution in [-0.2, 0) is 16.2 Å². The van der Waals surface area contributed by atoms with Crippen molar-refractivity contribution in [2.45, 2.75) is 13.5 Å². The van der Waals surface area contributed by atoms with Crippen LogP contribution in [0.15, 0.2) is 65.6 Å². The van der Waals surface area contributed by atoms with Crippen LogP contribution in [0.2, 0.25) is 10.0 Å². The molecule has 1 heterocycles. The smallest absolute Gasteiger partial charge is 0.294 e. The zero-order valence-corrected chi connectivity index (χ0v) is 22.3. The van der Waals surface area contributed by atoms with E-state index in [1.165, 1.54) is 12.1 Å². The van der Waals surface area contributed by atoms with Gasteiger partial charge in [-0.2, -0.15) is 0 Å². The maximum atomic E-state index is 14.0. The van der Waals surface area contributed by atoms with Crippen molar-refractivity contribution in [3.8, 4) is 11.5 Å². The van der Waals surface area contributed by atoms with Gasteiger partial charge < -0.3 is 14.8 Å². The second kappa shape index (κ2) is 12.3. The molecule has 0 aliphatic carbocycles. The molecule has 1 N–H and O–H groups in total. The molecule has 1 fully saturated rings. The molecule has 3 amide bonds. The molecular formula is C27H21Cl2FN2O5S. The summed E-state index contributed by atoms with van der Waals surface area (Å²) >= 11 is 13.2. The van der Waals surface area contributed by atoms with Crippen LogP contribution in [-0.4, -0.2) is 35.1 Å². The van der Waals surface area contributed by atoms with Crippen LogP contribution in [0.3, 0.4) is 0 Å². The number of nitrogens with one attached hydrogen (secondary N) is 1. The Morgan fingerprint density at radius 2 is 1.79 bits per heavy atom. The fraction of sp³-hybridized carbons (Fsp3) is 0.148. The van der Waals surface area contributed by atoms with Crippen molar-refractivity contribution in [1.29, 1.82) is 0 Å². The lowest BCUT2D eigenvalue weighted by Crippen LogP contribution is -2.36. The van der Waals surface area contributed by atoms with Gasteiger partial charge in [-0.1, -0.05) is 53.5 Å². The number of hydrogen-bond donors (Lipinski definition) is 1. The number of carbonyl (C=O) groups excluding carboxylic acids is 3. The van der Waals surface area contributed by atoms with Crippen LogP contribution >= 0.6 is 35.0 Å². The van der Waals surface area contributed by atoms with Gasteiger partial charge in [0.15, 0.2) is 11.5 Å². The molecule has 0 saturated carbocycles. The number of nitrogens with zero attached hydrogens (tertiary/aromatic N) is 1. The van der Waals surface area contributed by atoms with E-state index in [-0.39, 0.29) is 22.3 Å². The van der Waals surface area contributed by atoms with E-state index >= 15 is 0 Å². The summed E-state index contributed by atoms with van der Waals surface area (Å²) in [6.07, 6.45) is 1.48. The molecule has 1 saturated heterocycles. The molecule has 0 aromatic heterocycles. The summed E-state index contributed by atoms with van der Waals surface area (Å²) in [5.74, 6) is -1.09. The average Bonchev–Trinajstić information content (AvgIpc) is 3.13. The largest absolute Gasteiger partial charge is 0.490 e. The van der Waals surface area contributed by atoms with Crippen molar-refractivity contribution in [3.05, 3.63) is 92.6 Å². The van der Waals surface area contributed by atoms with Gasteiger partial charge in [0.05, 0.1) is 27.2 Å². The molecule has 1 aliphatic rings. The Kier molecular flexibility index (Phi) is 8.93. The number of ether oxygens (including phenoxy) is 2. The van der Waals surface area contributed by atoms with E-state index in [4.69, 9.17) is 32.7 Å². The average molecular weight is 575 g/mol. The summed E-state index contributed by atoms with van der Waals surface area (Å²) in [6.45, 7) is 1.54. The predicted octanol–water partition coefficient (Wildman–Crippen LogP) is 6.79. The van der Waals surface area contributed by atoms with Gasteiger partial charge in [0.25, 0.3) is 11.1 Å². The highest BCUT2D eigenvalue weighted by molar-refractivity contribution is 8.18. The number of amides is 3. The zero-order chi connectivity index (χ0) is 27.2. The fourth-order valence-corrected chi connectivity index (χ4v) is 4.82. The maximum absolute atomic E-state index is 14.0. The van der Waals surface area contributed by atoms with Gasteiger partial charge in [-0.15, -0.1) is 0 Å². The molecule has 4 rings (SSSR count). The number of hydrogen-bond acceptors (Lipinski definition) is 6. The van der Waals surface area contributed by atoms with E-state index in [0.29, 0.717) is 46.0 Å². The predicted molar refractivity (Wildman–Crippen MR) is 146 cm³/mol. The van der Waals surface area contributed by atoms with Crippen LogP contribution in [0.4, 0.5) is 14.9 Å². The van der Waals surface area contributed by atoms with Crippen molar-refractivity contribution in [1.82, 2.24) is 4.90 Å². The lowest BCUT2D eigenvalue weighted by Gasteiger charge is -2.15. The van der Waals surface area contributed by atoms with Gasteiger partial charge >= 0.3 is 0 Å². The summed E-state index contributed by atoms with van der Waals surface area (Å²) < 4.78 is 25.4. The molecule has 0 bridgehead atoms. The minimum absolute atomic E-state index is 0.0685. The first-order valence-electron chi connectivity index (χ1n) is 11.4. The van der Waals surface area contributed by atoms with Gasteiger partial charge in [-0.25, -0.2) is 4.39 Å². The lowest BCUT2D eigenvalue weighted by molar-refractivity contribution is -0.127. The molecule has 38 heavy (non-hydrogen) atoms. The second-order valence-corrected chi connectivity index (χ2v) is 9.75. The van der Waals surface area contributed by atoms with E-state index in [2.05, 4.69) is 5.32 Å². The molecule has 7 nitrogen and oxygen atoms in total. The molecule has 0 atom stereocenters. The van der Waals surface area contributed by atoms with Crippen molar-refractivity contribution in [2.24, 2.45) is 0 Å². The quantitative estimate of drug-likeness (QED) is 0.283. The minimum atomic E-state index is -0.622. The van der Waals surface area contributed by atoms with Gasteiger partial charge in [0.1, 0.15) is 19.0 Å². The van der Waals surface area contributed by atoms with Gasteiger partial charge in [-0.05, 0) is 60.7 Å². The standard InChI is InChI=1S/C27H21Cl2FN2O5S/c1-2-36-22-12-16(11-19(29)25(22)37-15-17-7-3-5-9-20(17)30)13-23-26(34)32(27(35)38-23)14-24(33)31-21-10-6-4-8-18(21)28/h3-13H,2,14-15H2,1H3,(H,31,33)/b23-13+. The van der Waals surface area contributed by atoms with Gasteiger partial charge in [-0.3, -0.25) is 19.3 Å². The Morgan fingerprint density at radius 3 is 2.53 bits per heavy atom. The molecule has 0 unspecified atom stereocenters. The molecule has 0 spiro atoms. The Hall–Kier alpha value is -3.53. The molecular weight excluding hydrogens is 554 g/mol. The van der Waals surface area contributed by atoms with Crippen LogP contribution in [0.25, 0.3) is 6.08 Å². The zero-order valence-electron chi connectivity index (χ0n) is 20.0. The molecule has 11 heteroatoms. The first-order chi connectivity index (χ1) is 18.3. The molecule has 3 aromatic carbocycles. The first kappa shape index (κ1) is 27.5. The first-order valence-corrected chi connectivity index (χ1v) is 13.0. The summed E-state index contributed by atoms with van der Waals surface area (Å²) in [4.78, 5) is 38.8. The minimum Gasteiger partial charge on any atom is -0.490 e. The van der Waals surface area contributed by atoms with Crippen LogP contribution < -0.4 is 14.8 Å². The summed E-state index contributed by atoms with van der Waals surface area (Å²) in [5.41, 5.74) is 1.20. The molecule has 0 radical (unpaired) electrons. The Labute approximate surface area is 232 Å². The Balaban J connectivity index is 1.50. The highest BCUT2D eigenvalue weighted by Crippen LogP contribution is 2.39. The van der Waals surface area contributed by atoms with E-state index in [1.54, 1.807) is 61.5 Å². The number of thioether (sulfide) groups is 1. The molecule has 196 valence electrons. The lowest BCUT2D eigenvalue weighted by atomic mass is 10.1. The summed E-state index contributed by atoms with van der Waals surface area (Å²) in [6, 6.07) is 16.0. The number of anilines is 1. The third-order valence-electron chi connectivity index (χ3n) is 5.28. The van der Waals surface area contributed by atoms with Crippen LogP contribution in [0.1, 0.15) is 18.1 Å². The number of carbonyl (C=O) groups is 3. The topological polar surface area (TPSA) is 84.9 Å². The van der Waals surface area contributed by atoms with Gasteiger partial charge in [0, 0.05) is 5.56 Å². The Morgan fingerprint density at radius 1 is 1.05 bits per heavy atom. The van der Waals surface area contributed by atoms with E-state index in [0.717, 1.165) is 4.90 Å². The third kappa shape index (κ3) is 6.48.